The Labute approximate surface area is 146 Å². The van der Waals surface area contributed by atoms with Gasteiger partial charge in [0.25, 0.3) is 0 Å². The first-order valence-corrected chi connectivity index (χ1v) is 8.56. The summed E-state index contributed by atoms with van der Waals surface area (Å²) in [6.07, 6.45) is 3.97. The molecule has 0 bridgehead atoms. The van der Waals surface area contributed by atoms with Crippen LogP contribution >= 0.6 is 0 Å². The van der Waals surface area contributed by atoms with Crippen LogP contribution < -0.4 is 10.2 Å². The summed E-state index contributed by atoms with van der Waals surface area (Å²) >= 11 is 0. The van der Waals surface area contributed by atoms with Crippen molar-refractivity contribution in [1.29, 1.82) is 0 Å². The minimum Gasteiger partial charge on any atom is -0.376 e. The van der Waals surface area contributed by atoms with Gasteiger partial charge >= 0.3 is 0 Å². The molecule has 4 rings (SSSR count). The first kappa shape index (κ1) is 16.0. The Hall–Kier alpha value is -2.54. The highest BCUT2D eigenvalue weighted by atomic mass is 16.5. The van der Waals surface area contributed by atoms with Crippen molar-refractivity contribution in [2.75, 3.05) is 29.9 Å². The van der Waals surface area contributed by atoms with Crippen LogP contribution in [-0.2, 0) is 9.53 Å². The zero-order chi connectivity index (χ0) is 17.2. The number of carbonyl (C=O) groups excluding carboxylic acids is 1. The fourth-order valence-electron chi connectivity index (χ4n) is 3.64. The van der Waals surface area contributed by atoms with Gasteiger partial charge in [0.05, 0.1) is 30.3 Å². The largest absolute Gasteiger partial charge is 0.376 e. The Morgan fingerprint density at radius 3 is 3.00 bits per heavy atom. The molecule has 1 N–H and O–H groups in total. The van der Waals surface area contributed by atoms with E-state index in [1.54, 1.807) is 12.4 Å². The quantitative estimate of drug-likeness (QED) is 0.912. The normalized spacial score (nSPS) is 25.0. The molecule has 2 aromatic rings. The van der Waals surface area contributed by atoms with Crippen molar-refractivity contribution in [1.82, 2.24) is 15.2 Å². The van der Waals surface area contributed by atoms with Crippen LogP contribution in [0.3, 0.4) is 0 Å². The monoisotopic (exact) mass is 339 g/mol. The van der Waals surface area contributed by atoms with Gasteiger partial charge in [-0.2, -0.15) is 5.10 Å². The highest BCUT2D eigenvalue weighted by molar-refractivity contribution is 5.90. The van der Waals surface area contributed by atoms with Crippen LogP contribution in [0.1, 0.15) is 12.1 Å². The number of hydrogen-bond donors (Lipinski definition) is 1. The molecule has 2 saturated heterocycles. The number of rotatable bonds is 4. The standard InChI is InChI=1S/C18H21N5O2/c1-12-4-5-17(22-21-12)23-9-15-13(11-25-16(15)10-23)7-18(24)20-14-3-2-6-19-8-14/h2-6,8,13,15-16H,7,9-11H2,1H3,(H,20,24)/t13-,15+,16+/m1/s1. The molecule has 3 atom stereocenters. The highest BCUT2D eigenvalue weighted by Crippen LogP contribution is 2.37. The second-order valence-corrected chi connectivity index (χ2v) is 6.73. The van der Waals surface area contributed by atoms with Crippen molar-refractivity contribution in [3.05, 3.63) is 42.4 Å². The topological polar surface area (TPSA) is 80.2 Å². The van der Waals surface area contributed by atoms with E-state index in [0.717, 1.165) is 30.3 Å². The third-order valence-electron chi connectivity index (χ3n) is 4.94. The van der Waals surface area contributed by atoms with E-state index in [9.17, 15) is 4.79 Å². The molecule has 25 heavy (non-hydrogen) atoms. The maximum absolute atomic E-state index is 12.3. The first-order valence-electron chi connectivity index (χ1n) is 8.56. The lowest BCUT2D eigenvalue weighted by Crippen LogP contribution is -2.27. The maximum Gasteiger partial charge on any atom is 0.224 e. The van der Waals surface area contributed by atoms with Crippen molar-refractivity contribution in [2.45, 2.75) is 19.4 Å². The Balaban J connectivity index is 1.37. The fraction of sp³-hybridized carbons (Fsp3) is 0.444. The Kier molecular flexibility index (Phi) is 4.31. The van der Waals surface area contributed by atoms with Gasteiger partial charge in [0, 0.05) is 31.6 Å². The zero-order valence-electron chi connectivity index (χ0n) is 14.1. The molecule has 0 unspecified atom stereocenters. The highest BCUT2D eigenvalue weighted by Gasteiger charge is 2.44. The summed E-state index contributed by atoms with van der Waals surface area (Å²) in [5.41, 5.74) is 1.63. The maximum atomic E-state index is 12.3. The molecule has 1 amide bonds. The molecule has 2 aliphatic heterocycles. The van der Waals surface area contributed by atoms with Gasteiger partial charge in [-0.25, -0.2) is 0 Å². The summed E-state index contributed by atoms with van der Waals surface area (Å²) in [5, 5.41) is 11.3. The molecule has 0 aromatic carbocycles. The van der Waals surface area contributed by atoms with E-state index in [1.165, 1.54) is 0 Å². The van der Waals surface area contributed by atoms with E-state index in [2.05, 4.69) is 25.4 Å². The summed E-state index contributed by atoms with van der Waals surface area (Å²) < 4.78 is 5.93. The third-order valence-corrected chi connectivity index (χ3v) is 4.94. The van der Waals surface area contributed by atoms with E-state index in [4.69, 9.17) is 4.74 Å². The molecule has 2 fully saturated rings. The molecule has 0 saturated carbocycles. The van der Waals surface area contributed by atoms with E-state index in [-0.39, 0.29) is 17.9 Å². The molecule has 7 nitrogen and oxygen atoms in total. The number of hydrogen-bond acceptors (Lipinski definition) is 6. The lowest BCUT2D eigenvalue weighted by molar-refractivity contribution is -0.117. The first-order chi connectivity index (χ1) is 12.2. The minimum atomic E-state index is 0.0100. The molecule has 2 aliphatic rings. The fourth-order valence-corrected chi connectivity index (χ4v) is 3.64. The van der Waals surface area contributed by atoms with Crippen molar-refractivity contribution >= 4 is 17.4 Å². The number of aryl methyl sites for hydroxylation is 1. The predicted molar refractivity (Wildman–Crippen MR) is 93.2 cm³/mol. The van der Waals surface area contributed by atoms with Crippen LogP contribution in [0.15, 0.2) is 36.7 Å². The number of carbonyl (C=O) groups is 1. The SMILES string of the molecule is Cc1ccc(N2C[C@H]3[C@H](CC(=O)Nc4cccnc4)CO[C@H]3C2)nn1. The van der Waals surface area contributed by atoms with Gasteiger partial charge in [-0.05, 0) is 37.1 Å². The van der Waals surface area contributed by atoms with E-state index in [1.807, 2.05) is 31.2 Å². The number of aromatic nitrogens is 3. The van der Waals surface area contributed by atoms with Gasteiger partial charge in [-0.3, -0.25) is 9.78 Å². The van der Waals surface area contributed by atoms with Gasteiger partial charge in [0.1, 0.15) is 0 Å². The second kappa shape index (κ2) is 6.76. The summed E-state index contributed by atoms with van der Waals surface area (Å²) in [6, 6.07) is 7.61. The Bertz CT molecular complexity index is 737. The average molecular weight is 339 g/mol. The van der Waals surface area contributed by atoms with E-state index < -0.39 is 0 Å². The molecule has 0 spiro atoms. The van der Waals surface area contributed by atoms with Crippen LogP contribution in [0.5, 0.6) is 0 Å². The molecule has 7 heteroatoms. The van der Waals surface area contributed by atoms with Crippen LogP contribution in [0.25, 0.3) is 0 Å². The lowest BCUT2D eigenvalue weighted by Gasteiger charge is -2.20. The van der Waals surface area contributed by atoms with Gasteiger partial charge in [-0.1, -0.05) is 0 Å². The molecule has 0 aliphatic carbocycles. The number of anilines is 2. The number of fused-ring (bicyclic) bond motifs is 1. The van der Waals surface area contributed by atoms with E-state index in [0.29, 0.717) is 18.9 Å². The number of amides is 1. The van der Waals surface area contributed by atoms with Crippen molar-refractivity contribution in [3.63, 3.8) is 0 Å². The Morgan fingerprint density at radius 2 is 2.24 bits per heavy atom. The van der Waals surface area contributed by atoms with Crippen molar-refractivity contribution in [3.8, 4) is 0 Å². The number of nitrogens with zero attached hydrogens (tertiary/aromatic N) is 4. The number of pyridine rings is 1. The summed E-state index contributed by atoms with van der Waals surface area (Å²) in [5.74, 6) is 1.46. The number of ether oxygens (including phenoxy) is 1. The third kappa shape index (κ3) is 3.46. The van der Waals surface area contributed by atoms with Gasteiger partial charge in [0.2, 0.25) is 5.91 Å². The summed E-state index contributed by atoms with van der Waals surface area (Å²) in [6.45, 7) is 4.23. The van der Waals surface area contributed by atoms with Crippen LogP contribution in [0, 0.1) is 18.8 Å². The lowest BCUT2D eigenvalue weighted by atomic mass is 9.90. The van der Waals surface area contributed by atoms with Crippen LogP contribution in [0.4, 0.5) is 11.5 Å². The second-order valence-electron chi connectivity index (χ2n) is 6.73. The molecule has 0 radical (unpaired) electrons. The van der Waals surface area contributed by atoms with Crippen LogP contribution in [0.2, 0.25) is 0 Å². The smallest absolute Gasteiger partial charge is 0.224 e. The zero-order valence-corrected chi connectivity index (χ0v) is 14.1. The minimum absolute atomic E-state index is 0.0100. The van der Waals surface area contributed by atoms with Gasteiger partial charge in [0.15, 0.2) is 5.82 Å². The van der Waals surface area contributed by atoms with Gasteiger partial charge in [-0.15, -0.1) is 5.10 Å². The molecular weight excluding hydrogens is 318 g/mol. The Morgan fingerprint density at radius 1 is 1.32 bits per heavy atom. The predicted octanol–water partition coefficient (Wildman–Crippen LogP) is 1.66. The van der Waals surface area contributed by atoms with E-state index >= 15 is 0 Å². The molecule has 2 aromatic heterocycles. The van der Waals surface area contributed by atoms with Crippen molar-refractivity contribution in [2.24, 2.45) is 11.8 Å². The molecule has 4 heterocycles. The van der Waals surface area contributed by atoms with Crippen molar-refractivity contribution < 1.29 is 9.53 Å². The van der Waals surface area contributed by atoms with Crippen LogP contribution in [-0.4, -0.2) is 46.9 Å². The van der Waals surface area contributed by atoms with Gasteiger partial charge < -0.3 is 15.0 Å². The number of nitrogens with one attached hydrogen (secondary N) is 1. The summed E-state index contributed by atoms with van der Waals surface area (Å²) in [4.78, 5) is 18.5. The average Bonchev–Trinajstić information content (AvgIpc) is 3.18. The summed E-state index contributed by atoms with van der Waals surface area (Å²) in [7, 11) is 0. The molecule has 130 valence electrons. The molecular formula is C18H21N5O2.